The lowest BCUT2D eigenvalue weighted by Gasteiger charge is -1.99. The fourth-order valence-corrected chi connectivity index (χ4v) is 13.1. The third-order valence-electron chi connectivity index (χ3n) is 7.08. The zero-order valence-corrected chi connectivity index (χ0v) is 39.0. The van der Waals surface area contributed by atoms with Gasteiger partial charge in [-0.25, -0.2) is 0 Å². The Kier molecular flexibility index (Phi) is 15.8. The number of fused-ring (bicyclic) bond motifs is 4. The molecule has 48 heavy (non-hydrogen) atoms. The molecule has 0 spiro atoms. The molecule has 4 aromatic carbocycles. The minimum Gasteiger partial charge on any atom is -0.143 e. The number of rotatable bonds is 4. The Bertz CT molecular complexity index is 2150. The number of alkyl halides is 4. The van der Waals surface area contributed by atoms with Crippen LogP contribution in [0.1, 0.15) is 22.3 Å². The van der Waals surface area contributed by atoms with Crippen LogP contribution < -0.4 is 0 Å². The summed E-state index contributed by atoms with van der Waals surface area (Å²) in [5.74, 6) is 0. The normalized spacial score (nSPS) is 10.8. The standard InChI is InChI=1S/2C9H6Br2S.2C9H6BrClS/c10-5-6-1-2-8(11)7-3-4-12-9(6)7;2*10-4-6-2-1-3-7-8(11)5-12-9(6)7;10-5-7-3-1-2-6-4-8(11)12-9(6)7/h1-4H,5H2;2*1-3,5H,4H2;1-4H,5H2. The highest BCUT2D eigenvalue weighted by Gasteiger charge is 2.06. The maximum Gasteiger partial charge on any atom is 0.0940 e. The van der Waals surface area contributed by atoms with E-state index in [4.69, 9.17) is 23.2 Å². The SMILES string of the molecule is BrCc1ccc(Br)c2ccsc12.BrCc1cccc2c(Br)csc12.Clc1cc2cccc(CBr)c2s1.Clc1csc2c(CBr)cccc12. The van der Waals surface area contributed by atoms with Crippen LogP contribution in [-0.2, 0) is 21.3 Å². The van der Waals surface area contributed by atoms with Crippen LogP contribution in [0, 0.1) is 0 Å². The Morgan fingerprint density at radius 2 is 1.02 bits per heavy atom. The molecule has 0 aliphatic heterocycles. The Balaban J connectivity index is 0.000000125. The number of thiophene rings is 4. The van der Waals surface area contributed by atoms with Gasteiger partial charge in [-0.1, -0.05) is 164 Å². The first-order valence-electron chi connectivity index (χ1n) is 14.1. The molecule has 0 radical (unpaired) electrons. The van der Waals surface area contributed by atoms with Crippen molar-refractivity contribution in [3.8, 4) is 0 Å². The Hall–Kier alpha value is 0.180. The van der Waals surface area contributed by atoms with E-state index in [1.54, 1.807) is 45.3 Å². The minimum atomic E-state index is 0.859. The van der Waals surface area contributed by atoms with Crippen LogP contribution in [0.15, 0.2) is 104 Å². The zero-order chi connectivity index (χ0) is 34.2. The summed E-state index contributed by atoms with van der Waals surface area (Å²) in [6, 6.07) is 27.3. The van der Waals surface area contributed by atoms with E-state index in [2.05, 4.69) is 173 Å². The van der Waals surface area contributed by atoms with Crippen LogP contribution in [0.25, 0.3) is 40.3 Å². The largest absolute Gasteiger partial charge is 0.143 e. The van der Waals surface area contributed by atoms with Crippen molar-refractivity contribution in [3.63, 3.8) is 0 Å². The molecule has 0 aliphatic rings. The molecule has 0 bridgehead atoms. The second-order valence-electron chi connectivity index (χ2n) is 10.0. The molecule has 0 saturated heterocycles. The van der Waals surface area contributed by atoms with E-state index in [-0.39, 0.29) is 0 Å². The Morgan fingerprint density at radius 1 is 0.500 bits per heavy atom. The lowest BCUT2D eigenvalue weighted by atomic mass is 10.2. The molecule has 0 fully saturated rings. The van der Waals surface area contributed by atoms with Crippen molar-refractivity contribution in [2.75, 3.05) is 0 Å². The highest BCUT2D eigenvalue weighted by atomic mass is 79.9. The predicted molar refractivity (Wildman–Crippen MR) is 243 cm³/mol. The van der Waals surface area contributed by atoms with E-state index >= 15 is 0 Å². The maximum atomic E-state index is 6.00. The molecule has 248 valence electrons. The first-order chi connectivity index (χ1) is 23.3. The summed E-state index contributed by atoms with van der Waals surface area (Å²) in [4.78, 5) is 0. The van der Waals surface area contributed by atoms with Crippen molar-refractivity contribution >= 4 is 204 Å². The number of halogens is 8. The van der Waals surface area contributed by atoms with Gasteiger partial charge in [0.2, 0.25) is 0 Å². The summed E-state index contributed by atoms with van der Waals surface area (Å²) in [7, 11) is 0. The summed E-state index contributed by atoms with van der Waals surface area (Å²) in [6.45, 7) is 0. The molecule has 0 nitrogen and oxygen atoms in total. The quantitative estimate of drug-likeness (QED) is 0.154. The molecule has 12 heteroatoms. The van der Waals surface area contributed by atoms with Gasteiger partial charge in [-0.3, -0.25) is 0 Å². The van der Waals surface area contributed by atoms with Gasteiger partial charge in [0.25, 0.3) is 0 Å². The molecule has 8 rings (SSSR count). The van der Waals surface area contributed by atoms with Gasteiger partial charge in [0, 0.05) is 76.0 Å². The summed E-state index contributed by atoms with van der Waals surface area (Å²) in [6.07, 6.45) is 0. The third kappa shape index (κ3) is 9.58. The molecule has 8 aromatic rings. The van der Waals surface area contributed by atoms with Gasteiger partial charge in [0.15, 0.2) is 0 Å². The number of hydrogen-bond acceptors (Lipinski definition) is 4. The summed E-state index contributed by atoms with van der Waals surface area (Å²) in [5, 5.41) is 15.8. The van der Waals surface area contributed by atoms with Crippen LogP contribution in [0.5, 0.6) is 0 Å². The molecule has 0 N–H and O–H groups in total. The van der Waals surface area contributed by atoms with Crippen molar-refractivity contribution < 1.29 is 0 Å². The first-order valence-corrected chi connectivity index (χ1v) is 24.4. The van der Waals surface area contributed by atoms with Crippen LogP contribution in [0.4, 0.5) is 0 Å². The summed E-state index contributed by atoms with van der Waals surface area (Å²) in [5.41, 5.74) is 5.35. The number of hydrogen-bond donors (Lipinski definition) is 0. The molecule has 0 aliphatic carbocycles. The topological polar surface area (TPSA) is 0 Å². The van der Waals surface area contributed by atoms with Crippen LogP contribution >= 0.6 is 164 Å². The van der Waals surface area contributed by atoms with E-state index in [1.807, 2.05) is 17.5 Å². The Morgan fingerprint density at radius 3 is 1.69 bits per heavy atom. The fourth-order valence-electron chi connectivity index (χ4n) is 4.77. The maximum absolute atomic E-state index is 6.00. The highest BCUT2D eigenvalue weighted by Crippen LogP contribution is 2.35. The first kappa shape index (κ1) is 39.4. The molecule has 0 amide bonds. The Labute approximate surface area is 356 Å². The van der Waals surface area contributed by atoms with E-state index in [0.717, 1.165) is 30.7 Å². The van der Waals surface area contributed by atoms with Crippen LogP contribution in [0.2, 0.25) is 9.36 Å². The molecule has 0 unspecified atom stereocenters. The van der Waals surface area contributed by atoms with Crippen molar-refractivity contribution in [2.24, 2.45) is 0 Å². The monoisotopic (exact) mass is 1130 g/mol. The smallest absolute Gasteiger partial charge is 0.0940 e. The molecular formula is C36H24Br6Cl2S4. The van der Waals surface area contributed by atoms with E-state index in [9.17, 15) is 0 Å². The lowest BCUT2D eigenvalue weighted by Crippen LogP contribution is -1.76. The van der Waals surface area contributed by atoms with Gasteiger partial charge in [0.1, 0.15) is 0 Å². The number of benzene rings is 4. The second-order valence-corrected chi connectivity index (χ2v) is 18.8. The zero-order valence-electron chi connectivity index (χ0n) is 24.7. The van der Waals surface area contributed by atoms with Crippen LogP contribution in [0.3, 0.4) is 0 Å². The van der Waals surface area contributed by atoms with E-state index in [0.29, 0.717) is 0 Å². The molecular weight excluding hydrogens is 1110 g/mol. The van der Waals surface area contributed by atoms with Gasteiger partial charge in [0.05, 0.1) is 9.36 Å². The van der Waals surface area contributed by atoms with Crippen molar-refractivity contribution in [1.29, 1.82) is 0 Å². The second kappa shape index (κ2) is 19.3. The van der Waals surface area contributed by atoms with Gasteiger partial charge in [-0.05, 0) is 67.1 Å². The summed E-state index contributed by atoms with van der Waals surface area (Å²) < 4.78 is 8.58. The van der Waals surface area contributed by atoms with Crippen molar-refractivity contribution in [3.05, 3.63) is 136 Å². The minimum absolute atomic E-state index is 0.859. The van der Waals surface area contributed by atoms with Gasteiger partial charge in [-0.2, -0.15) is 0 Å². The average Bonchev–Trinajstić information content (AvgIpc) is 3.92. The predicted octanol–water partition coefficient (Wildman–Crippen LogP) is 18.0. The molecule has 0 atom stereocenters. The van der Waals surface area contributed by atoms with Gasteiger partial charge in [-0.15, -0.1) is 45.3 Å². The third-order valence-corrected chi connectivity index (χ3v) is 16.1. The van der Waals surface area contributed by atoms with Gasteiger partial charge >= 0.3 is 0 Å². The van der Waals surface area contributed by atoms with Crippen molar-refractivity contribution in [2.45, 2.75) is 21.3 Å². The lowest BCUT2D eigenvalue weighted by molar-refractivity contribution is 1.50. The van der Waals surface area contributed by atoms with Crippen molar-refractivity contribution in [1.82, 2.24) is 0 Å². The average molecular weight is 1140 g/mol. The van der Waals surface area contributed by atoms with Gasteiger partial charge < -0.3 is 0 Å². The fraction of sp³-hybridized carbons (Fsp3) is 0.111. The van der Waals surface area contributed by atoms with Crippen LogP contribution in [-0.4, -0.2) is 0 Å². The highest BCUT2D eigenvalue weighted by molar-refractivity contribution is 9.11. The summed E-state index contributed by atoms with van der Waals surface area (Å²) >= 11 is 39.8. The van der Waals surface area contributed by atoms with E-state index < -0.39 is 0 Å². The molecule has 4 aromatic heterocycles. The molecule has 0 saturated carbocycles. The molecule has 4 heterocycles. The van der Waals surface area contributed by atoms with E-state index in [1.165, 1.54) is 71.5 Å².